The molecule has 0 aliphatic rings. The highest BCUT2D eigenvalue weighted by Gasteiger charge is 2.37. The Labute approximate surface area is 382 Å². The summed E-state index contributed by atoms with van der Waals surface area (Å²) >= 11 is 0. The number of fused-ring (bicyclic) bond motifs is 3. The smallest absolute Gasteiger partial charge is 0.309 e. The number of nitrogens with zero attached hydrogens (tertiary/aromatic N) is 4. The topological polar surface area (TPSA) is 43.6 Å². The van der Waals surface area contributed by atoms with Crippen LogP contribution in [0.4, 0.5) is 26.3 Å². The van der Waals surface area contributed by atoms with Crippen LogP contribution in [0, 0.1) is 27.7 Å². The van der Waals surface area contributed by atoms with Gasteiger partial charge < -0.3 is 4.57 Å². The molecule has 10 aromatic rings. The average Bonchev–Trinajstić information content (AvgIpc) is 3.63. The maximum absolute atomic E-state index is 14.5. The summed E-state index contributed by atoms with van der Waals surface area (Å²) in [5.41, 5.74) is 9.35. The molecule has 0 N–H and O–H groups in total. The zero-order valence-corrected chi connectivity index (χ0v) is 36.7. The first kappa shape index (κ1) is 43.1. The predicted octanol–water partition coefficient (Wildman–Crippen LogP) is 16.2. The van der Waals surface area contributed by atoms with Crippen molar-refractivity contribution in [2.75, 3.05) is 0 Å². The first-order valence-electron chi connectivity index (χ1n) is 21.6. The second-order valence-electron chi connectivity index (χ2n) is 17.1. The van der Waals surface area contributed by atoms with Crippen molar-refractivity contribution in [2.24, 2.45) is 0 Å². The third-order valence-corrected chi connectivity index (χ3v) is 12.0. The van der Waals surface area contributed by atoms with Gasteiger partial charge in [0.25, 0.3) is 0 Å². The zero-order valence-electron chi connectivity index (χ0n) is 36.7. The van der Waals surface area contributed by atoms with Gasteiger partial charge in [-0.2, -0.15) is 26.3 Å². The molecule has 0 aliphatic carbocycles. The molecule has 0 unspecified atom stereocenters. The normalized spacial score (nSPS) is 12.0. The van der Waals surface area contributed by atoms with E-state index in [1.807, 2.05) is 60.7 Å². The van der Waals surface area contributed by atoms with E-state index in [0.717, 1.165) is 78.4 Å². The number of aromatic nitrogens is 4. The number of rotatable bonds is 7. The molecule has 0 spiro atoms. The van der Waals surface area contributed by atoms with Crippen molar-refractivity contribution in [3.63, 3.8) is 0 Å². The number of hydrogen-bond donors (Lipinski definition) is 0. The van der Waals surface area contributed by atoms with Crippen LogP contribution in [0.3, 0.4) is 0 Å². The Balaban J connectivity index is 1.28. The minimum absolute atomic E-state index is 0.0606. The van der Waals surface area contributed by atoms with Gasteiger partial charge in [-0.05, 0) is 116 Å². The molecule has 0 aliphatic heterocycles. The van der Waals surface area contributed by atoms with E-state index in [2.05, 4.69) is 105 Å². The van der Waals surface area contributed by atoms with Gasteiger partial charge in [0, 0.05) is 33.2 Å². The molecule has 10 heteroatoms. The van der Waals surface area contributed by atoms with Crippen molar-refractivity contribution in [3.8, 4) is 73.2 Å². The minimum Gasteiger partial charge on any atom is -0.309 e. The first-order chi connectivity index (χ1) is 32.1. The number of benzene rings is 8. The first-order valence-corrected chi connectivity index (χ1v) is 21.6. The second kappa shape index (κ2) is 16.5. The lowest BCUT2D eigenvalue weighted by atomic mass is 9.94. The van der Waals surface area contributed by atoms with Gasteiger partial charge in [0.1, 0.15) is 0 Å². The van der Waals surface area contributed by atoms with Crippen LogP contribution in [0.15, 0.2) is 170 Å². The Morgan fingerprint density at radius 3 is 1.21 bits per heavy atom. The van der Waals surface area contributed by atoms with Gasteiger partial charge in [0.05, 0.1) is 22.2 Å². The number of aryl methyl sites for hydroxylation is 4. The van der Waals surface area contributed by atoms with Gasteiger partial charge in [-0.1, -0.05) is 138 Å². The van der Waals surface area contributed by atoms with Crippen molar-refractivity contribution in [3.05, 3.63) is 203 Å². The highest BCUT2D eigenvalue weighted by Crippen LogP contribution is 2.44. The molecule has 0 amide bonds. The molecule has 8 aromatic carbocycles. The Hall–Kier alpha value is -7.85. The maximum Gasteiger partial charge on any atom is 0.416 e. The zero-order chi connectivity index (χ0) is 46.8. The lowest BCUT2D eigenvalue weighted by Gasteiger charge is -2.18. The molecule has 4 nitrogen and oxygen atoms in total. The van der Waals surface area contributed by atoms with Crippen molar-refractivity contribution in [1.29, 1.82) is 0 Å². The third kappa shape index (κ3) is 8.47. The Morgan fingerprint density at radius 2 is 0.776 bits per heavy atom. The van der Waals surface area contributed by atoms with Gasteiger partial charge in [-0.15, -0.1) is 0 Å². The molecule has 0 fully saturated rings. The van der Waals surface area contributed by atoms with Crippen molar-refractivity contribution in [2.45, 2.75) is 40.0 Å². The Bertz CT molecular complexity index is 3300. The van der Waals surface area contributed by atoms with Gasteiger partial charge >= 0.3 is 12.4 Å². The Morgan fingerprint density at radius 1 is 0.343 bits per heavy atom. The van der Waals surface area contributed by atoms with Gasteiger partial charge in [-0.3, -0.25) is 0 Å². The third-order valence-electron chi connectivity index (χ3n) is 12.0. The van der Waals surface area contributed by atoms with Crippen LogP contribution >= 0.6 is 0 Å². The summed E-state index contributed by atoms with van der Waals surface area (Å²) in [6.45, 7) is 8.28. The van der Waals surface area contributed by atoms with E-state index in [4.69, 9.17) is 15.0 Å². The molecule has 0 bridgehead atoms. The van der Waals surface area contributed by atoms with E-state index in [-0.39, 0.29) is 40.2 Å². The quantitative estimate of drug-likeness (QED) is 0.150. The van der Waals surface area contributed by atoms with Crippen LogP contribution in [-0.2, 0) is 12.4 Å². The van der Waals surface area contributed by atoms with Crippen LogP contribution in [0.25, 0.3) is 95.0 Å². The van der Waals surface area contributed by atoms with Crippen LogP contribution in [-0.4, -0.2) is 19.5 Å². The minimum atomic E-state index is -5.07. The summed E-state index contributed by atoms with van der Waals surface area (Å²) in [5, 5.41) is 1.91. The van der Waals surface area contributed by atoms with E-state index in [1.54, 1.807) is 18.2 Å². The molecule has 67 heavy (non-hydrogen) atoms. The van der Waals surface area contributed by atoms with Crippen LogP contribution in [0.5, 0.6) is 0 Å². The van der Waals surface area contributed by atoms with Crippen molar-refractivity contribution >= 4 is 21.8 Å². The molecule has 2 aromatic heterocycles. The number of hydrogen-bond acceptors (Lipinski definition) is 3. The fourth-order valence-electron chi connectivity index (χ4n) is 9.09. The lowest BCUT2D eigenvalue weighted by Crippen LogP contribution is -2.11. The molecule has 2 heterocycles. The average molecular weight is 895 g/mol. The van der Waals surface area contributed by atoms with Gasteiger partial charge in [0.2, 0.25) is 0 Å². The van der Waals surface area contributed by atoms with E-state index in [0.29, 0.717) is 16.8 Å². The maximum atomic E-state index is 14.5. The van der Waals surface area contributed by atoms with Crippen LogP contribution < -0.4 is 0 Å². The summed E-state index contributed by atoms with van der Waals surface area (Å²) in [6, 6.07) is 50.4. The molecular weight excluding hydrogens is 855 g/mol. The number of halogens is 6. The SMILES string of the molecule is Cc1cc(C)cc(-c2ccc3c(c2)c2cc(-c4cc(C)cc(C)c4)ccc2n3-c2ccc(-c3cc(C(F)(F)F)cc(C(F)(F)F)c3)c(-c3nc(-c4ccccc4)nc(-c4ccccc4)n3)c2)c1. The molecule has 0 radical (unpaired) electrons. The molecule has 0 saturated heterocycles. The number of alkyl halides is 6. The molecule has 0 saturated carbocycles. The monoisotopic (exact) mass is 894 g/mol. The molecule has 330 valence electrons. The summed E-state index contributed by atoms with van der Waals surface area (Å²) in [5.74, 6) is 0.608. The highest BCUT2D eigenvalue weighted by molar-refractivity contribution is 6.12. The summed E-state index contributed by atoms with van der Waals surface area (Å²) in [6.07, 6.45) is -10.1. The van der Waals surface area contributed by atoms with E-state index < -0.39 is 23.5 Å². The Kier molecular flexibility index (Phi) is 10.6. The highest BCUT2D eigenvalue weighted by atomic mass is 19.4. The van der Waals surface area contributed by atoms with Crippen molar-refractivity contribution in [1.82, 2.24) is 19.5 Å². The van der Waals surface area contributed by atoms with E-state index >= 15 is 0 Å². The molecule has 0 atom stereocenters. The van der Waals surface area contributed by atoms with E-state index in [9.17, 15) is 26.3 Å². The standard InChI is InChI=1S/C57H40F6N4/c1-33-21-34(2)24-41(23-33)39-15-19-51-48(29-39)49-30-40(42-25-35(3)22-36(4)26-42)16-20-52(49)67(51)46-17-18-47(43-27-44(56(58,59)60)31-45(28-43)57(61,62)63)50(32-46)55-65-53(37-11-7-5-8-12-37)64-54(66-55)38-13-9-6-10-14-38/h5-32H,1-4H3. The van der Waals surface area contributed by atoms with Gasteiger partial charge in [-0.25, -0.2) is 15.0 Å². The summed E-state index contributed by atoms with van der Waals surface area (Å²) < 4.78 is 88.8. The second-order valence-corrected chi connectivity index (χ2v) is 17.1. The summed E-state index contributed by atoms with van der Waals surface area (Å²) in [7, 11) is 0. The molecular formula is C57H40F6N4. The lowest BCUT2D eigenvalue weighted by molar-refractivity contribution is -0.143. The predicted molar refractivity (Wildman–Crippen MR) is 256 cm³/mol. The van der Waals surface area contributed by atoms with Gasteiger partial charge in [0.15, 0.2) is 17.5 Å². The summed E-state index contributed by atoms with van der Waals surface area (Å²) in [4.78, 5) is 14.6. The fraction of sp³-hybridized carbons (Fsp3) is 0.105. The van der Waals surface area contributed by atoms with Crippen LogP contribution in [0.1, 0.15) is 33.4 Å². The molecule has 10 rings (SSSR count). The van der Waals surface area contributed by atoms with E-state index in [1.165, 1.54) is 0 Å². The fourth-order valence-corrected chi connectivity index (χ4v) is 9.09. The van der Waals surface area contributed by atoms with Crippen molar-refractivity contribution < 1.29 is 26.3 Å². The van der Waals surface area contributed by atoms with Crippen LogP contribution in [0.2, 0.25) is 0 Å². The largest absolute Gasteiger partial charge is 0.416 e.